The summed E-state index contributed by atoms with van der Waals surface area (Å²) in [5, 5.41) is 0. The van der Waals surface area contributed by atoms with Crippen LogP contribution >= 0.6 is 0 Å². The predicted molar refractivity (Wildman–Crippen MR) is 106 cm³/mol. The number of anilines is 1. The van der Waals surface area contributed by atoms with Crippen LogP contribution < -0.4 is 4.90 Å². The summed E-state index contributed by atoms with van der Waals surface area (Å²) in [5.41, 5.74) is 2.47. The van der Waals surface area contributed by atoms with E-state index in [4.69, 9.17) is 0 Å². The third-order valence-electron chi connectivity index (χ3n) is 5.34. The number of benzene rings is 3. The first-order valence-corrected chi connectivity index (χ1v) is 9.59. The lowest BCUT2D eigenvalue weighted by Crippen LogP contribution is -2.46. The summed E-state index contributed by atoms with van der Waals surface area (Å²) in [6.45, 7) is 1.86. The molecule has 30 heavy (non-hydrogen) atoms. The molecule has 3 aromatic carbocycles. The van der Waals surface area contributed by atoms with Gasteiger partial charge in [-0.15, -0.1) is 0 Å². The predicted octanol–water partition coefficient (Wildman–Crippen LogP) is 5.37. The van der Waals surface area contributed by atoms with E-state index in [0.717, 1.165) is 16.7 Å². The summed E-state index contributed by atoms with van der Waals surface area (Å²) in [4.78, 5) is 3.30. The van der Waals surface area contributed by atoms with Gasteiger partial charge < -0.3 is 4.90 Å². The van der Waals surface area contributed by atoms with Crippen LogP contribution in [0.5, 0.6) is 0 Å². The van der Waals surface area contributed by atoms with Gasteiger partial charge in [0, 0.05) is 32.7 Å². The molecule has 7 heteroatoms. The second-order valence-electron chi connectivity index (χ2n) is 7.24. The van der Waals surface area contributed by atoms with Gasteiger partial charge in [-0.1, -0.05) is 54.6 Å². The lowest BCUT2D eigenvalue weighted by molar-refractivity contribution is 0.247. The molecule has 1 saturated heterocycles. The highest BCUT2D eigenvalue weighted by Gasteiger charge is 2.30. The van der Waals surface area contributed by atoms with E-state index in [1.54, 1.807) is 0 Å². The lowest BCUT2D eigenvalue weighted by atomic mass is 10.0. The highest BCUT2D eigenvalue weighted by molar-refractivity contribution is 5.63. The minimum Gasteiger partial charge on any atom is -0.364 e. The number of halogens is 5. The Kier molecular flexibility index (Phi) is 5.72. The molecule has 1 fully saturated rings. The quantitative estimate of drug-likeness (QED) is 0.319. The molecule has 2 nitrogen and oxygen atoms in total. The molecule has 0 bridgehead atoms. The Bertz CT molecular complexity index is 1000. The molecule has 3 aromatic rings. The molecule has 1 heterocycles. The molecule has 4 rings (SSSR count). The fourth-order valence-electron chi connectivity index (χ4n) is 3.69. The molecule has 1 aliphatic rings. The Hall–Kier alpha value is -2.93. The Balaban J connectivity index is 1.41. The minimum absolute atomic E-state index is 0.167. The standard InChI is InChI=1S/C23H19F5N2/c24-18-19(25)21(27)23(22(28)20(18)26)30-12-10-29(11-13-30)14-15-6-8-17(9-7-15)16-4-2-1-3-5-16/h1-9H,10-14H2. The molecule has 0 unspecified atom stereocenters. The van der Waals surface area contributed by atoms with Crippen LogP contribution in [-0.4, -0.2) is 31.1 Å². The first-order valence-electron chi connectivity index (χ1n) is 9.59. The summed E-state index contributed by atoms with van der Waals surface area (Å²) >= 11 is 0. The number of hydrogen-bond acceptors (Lipinski definition) is 2. The molecule has 0 N–H and O–H groups in total. The molecule has 0 aromatic heterocycles. The maximum Gasteiger partial charge on any atom is 0.200 e. The van der Waals surface area contributed by atoms with Crippen molar-refractivity contribution in [2.24, 2.45) is 0 Å². The molecule has 0 spiro atoms. The van der Waals surface area contributed by atoms with Crippen LogP contribution in [0.3, 0.4) is 0 Å². The molecule has 1 aliphatic heterocycles. The van der Waals surface area contributed by atoms with E-state index < -0.39 is 34.8 Å². The van der Waals surface area contributed by atoms with Crippen molar-refractivity contribution in [1.29, 1.82) is 0 Å². The molecule has 0 saturated carbocycles. The molecule has 156 valence electrons. The van der Waals surface area contributed by atoms with Gasteiger partial charge in [0.25, 0.3) is 0 Å². The minimum atomic E-state index is -2.13. The van der Waals surface area contributed by atoms with Crippen LogP contribution in [0.4, 0.5) is 27.6 Å². The zero-order valence-corrected chi connectivity index (χ0v) is 16.0. The fourth-order valence-corrected chi connectivity index (χ4v) is 3.69. The van der Waals surface area contributed by atoms with Crippen molar-refractivity contribution in [3.05, 3.63) is 89.2 Å². The van der Waals surface area contributed by atoms with Crippen molar-refractivity contribution in [2.45, 2.75) is 6.54 Å². The van der Waals surface area contributed by atoms with E-state index in [9.17, 15) is 22.0 Å². The van der Waals surface area contributed by atoms with E-state index in [1.165, 1.54) is 4.90 Å². The van der Waals surface area contributed by atoms with Crippen molar-refractivity contribution >= 4 is 5.69 Å². The lowest BCUT2D eigenvalue weighted by Gasteiger charge is -2.36. The average Bonchev–Trinajstić information content (AvgIpc) is 2.79. The number of nitrogens with zero attached hydrogens (tertiary/aromatic N) is 2. The second kappa shape index (κ2) is 8.44. The molecule has 0 radical (unpaired) electrons. The van der Waals surface area contributed by atoms with Gasteiger partial charge in [-0.05, 0) is 16.7 Å². The topological polar surface area (TPSA) is 6.48 Å². The Morgan fingerprint density at radius 2 is 1.07 bits per heavy atom. The van der Waals surface area contributed by atoms with Crippen LogP contribution in [0.2, 0.25) is 0 Å². The van der Waals surface area contributed by atoms with Crippen molar-refractivity contribution in [3.8, 4) is 11.1 Å². The largest absolute Gasteiger partial charge is 0.364 e. The Labute approximate surface area is 171 Å². The van der Waals surface area contributed by atoms with Gasteiger partial charge in [0.05, 0.1) is 0 Å². The first kappa shape index (κ1) is 20.3. The summed E-state index contributed by atoms with van der Waals surface area (Å²) in [7, 11) is 0. The number of rotatable bonds is 4. The average molecular weight is 418 g/mol. The van der Waals surface area contributed by atoms with E-state index >= 15 is 0 Å². The van der Waals surface area contributed by atoms with Gasteiger partial charge in [-0.25, -0.2) is 22.0 Å². The van der Waals surface area contributed by atoms with E-state index in [0.29, 0.717) is 19.6 Å². The van der Waals surface area contributed by atoms with Crippen molar-refractivity contribution in [3.63, 3.8) is 0 Å². The van der Waals surface area contributed by atoms with Crippen LogP contribution in [-0.2, 0) is 6.54 Å². The van der Waals surface area contributed by atoms with Gasteiger partial charge in [0.2, 0.25) is 5.82 Å². The smallest absolute Gasteiger partial charge is 0.200 e. The third-order valence-corrected chi connectivity index (χ3v) is 5.34. The number of hydrogen-bond donors (Lipinski definition) is 0. The van der Waals surface area contributed by atoms with Gasteiger partial charge in [0.15, 0.2) is 23.3 Å². The Morgan fingerprint density at radius 1 is 0.567 bits per heavy atom. The van der Waals surface area contributed by atoms with Crippen LogP contribution in [0.15, 0.2) is 54.6 Å². The summed E-state index contributed by atoms with van der Waals surface area (Å²) < 4.78 is 68.3. The van der Waals surface area contributed by atoms with Crippen LogP contribution in [0.25, 0.3) is 11.1 Å². The molecule has 0 amide bonds. The highest BCUT2D eigenvalue weighted by atomic mass is 19.2. The van der Waals surface area contributed by atoms with Crippen molar-refractivity contribution in [1.82, 2.24) is 4.90 Å². The highest BCUT2D eigenvalue weighted by Crippen LogP contribution is 2.31. The Morgan fingerprint density at radius 3 is 1.63 bits per heavy atom. The van der Waals surface area contributed by atoms with Gasteiger partial charge >= 0.3 is 0 Å². The monoisotopic (exact) mass is 418 g/mol. The number of piperazine rings is 1. The summed E-state index contributed by atoms with van der Waals surface area (Å²) in [6, 6.07) is 18.1. The fraction of sp³-hybridized carbons (Fsp3) is 0.217. The van der Waals surface area contributed by atoms with Gasteiger partial charge in [-0.3, -0.25) is 4.90 Å². The summed E-state index contributed by atoms with van der Waals surface area (Å²) in [6.07, 6.45) is 0. The van der Waals surface area contributed by atoms with Gasteiger partial charge in [-0.2, -0.15) is 0 Å². The third kappa shape index (κ3) is 3.89. The molecular weight excluding hydrogens is 399 g/mol. The van der Waals surface area contributed by atoms with Crippen molar-refractivity contribution < 1.29 is 22.0 Å². The van der Waals surface area contributed by atoms with E-state index in [2.05, 4.69) is 4.90 Å². The van der Waals surface area contributed by atoms with E-state index in [-0.39, 0.29) is 13.1 Å². The van der Waals surface area contributed by atoms with Crippen molar-refractivity contribution in [2.75, 3.05) is 31.1 Å². The van der Waals surface area contributed by atoms with Crippen LogP contribution in [0, 0.1) is 29.1 Å². The zero-order chi connectivity index (χ0) is 21.3. The SMILES string of the molecule is Fc1c(F)c(F)c(N2CCN(Cc3ccc(-c4ccccc4)cc3)CC2)c(F)c1F. The maximum atomic E-state index is 14.0. The normalized spacial score (nSPS) is 14.9. The maximum absolute atomic E-state index is 14.0. The van der Waals surface area contributed by atoms with Crippen LogP contribution in [0.1, 0.15) is 5.56 Å². The summed E-state index contributed by atoms with van der Waals surface area (Å²) in [5.74, 6) is -9.52. The molecular formula is C23H19F5N2. The van der Waals surface area contributed by atoms with Gasteiger partial charge in [0.1, 0.15) is 5.69 Å². The van der Waals surface area contributed by atoms with E-state index in [1.807, 2.05) is 54.6 Å². The molecule has 0 atom stereocenters. The second-order valence-corrected chi connectivity index (χ2v) is 7.24. The zero-order valence-electron chi connectivity index (χ0n) is 16.0. The molecule has 0 aliphatic carbocycles. The first-order chi connectivity index (χ1) is 14.5.